The van der Waals surface area contributed by atoms with Crippen LogP contribution in [0, 0.1) is 5.82 Å². The number of rotatable bonds is 6. The van der Waals surface area contributed by atoms with Gasteiger partial charge in [-0.2, -0.15) is 0 Å². The van der Waals surface area contributed by atoms with Gasteiger partial charge in [0.1, 0.15) is 11.6 Å². The zero-order valence-electron chi connectivity index (χ0n) is 23.2. The van der Waals surface area contributed by atoms with Gasteiger partial charge in [-0.15, -0.1) is 0 Å². The van der Waals surface area contributed by atoms with E-state index in [-0.39, 0.29) is 24.2 Å². The smallest absolute Gasteiger partial charge is 0.265 e. The van der Waals surface area contributed by atoms with Gasteiger partial charge in [-0.05, 0) is 54.1 Å². The zero-order valence-corrected chi connectivity index (χ0v) is 24.0. The summed E-state index contributed by atoms with van der Waals surface area (Å²) in [6.07, 6.45) is 1.83. The van der Waals surface area contributed by atoms with Crippen LogP contribution in [0.25, 0.3) is 6.08 Å². The lowest BCUT2D eigenvalue weighted by Gasteiger charge is -2.36. The van der Waals surface area contributed by atoms with Crippen LogP contribution in [0.3, 0.4) is 0 Å². The minimum atomic E-state index is -0.339. The lowest BCUT2D eigenvalue weighted by molar-refractivity contribution is -0.114. The topological polar surface area (TPSA) is 53.1 Å². The summed E-state index contributed by atoms with van der Waals surface area (Å²) in [4.78, 5) is 34.1. The molecule has 2 aliphatic heterocycles. The van der Waals surface area contributed by atoms with Crippen LogP contribution in [0.2, 0.25) is 0 Å². The van der Waals surface area contributed by atoms with Crippen LogP contribution in [-0.4, -0.2) is 50.0 Å². The van der Waals surface area contributed by atoms with Gasteiger partial charge in [0.15, 0.2) is 0 Å². The second-order valence-electron chi connectivity index (χ2n) is 10.2. The molecule has 42 heavy (non-hydrogen) atoms. The maximum absolute atomic E-state index is 14.5. The number of anilines is 2. The van der Waals surface area contributed by atoms with Crippen molar-refractivity contribution < 1.29 is 18.7 Å². The molecule has 1 fully saturated rings. The first-order valence-electron chi connectivity index (χ1n) is 13.8. The molecule has 6 nitrogen and oxygen atoms in total. The highest BCUT2D eigenvalue weighted by Crippen LogP contribution is 2.42. The van der Waals surface area contributed by atoms with E-state index in [1.54, 1.807) is 30.2 Å². The molecule has 0 radical (unpaired) electrons. The third-order valence-electron chi connectivity index (χ3n) is 7.56. The Morgan fingerprint density at radius 1 is 0.905 bits per heavy atom. The van der Waals surface area contributed by atoms with Crippen molar-refractivity contribution in [2.45, 2.75) is 11.4 Å². The second kappa shape index (κ2) is 12.1. The molecule has 4 aromatic rings. The Balaban J connectivity index is 1.15. The molecular weight excluding hydrogens is 549 g/mol. The van der Waals surface area contributed by atoms with Gasteiger partial charge in [-0.25, -0.2) is 4.39 Å². The predicted molar refractivity (Wildman–Crippen MR) is 165 cm³/mol. The minimum absolute atomic E-state index is 0.00685. The average Bonchev–Trinajstić information content (AvgIpc) is 3.04. The molecule has 2 aliphatic rings. The average molecular weight is 580 g/mol. The molecule has 8 heteroatoms. The number of ether oxygens (including phenoxy) is 1. The van der Waals surface area contributed by atoms with Gasteiger partial charge in [-0.3, -0.25) is 9.59 Å². The number of para-hydroxylation sites is 1. The van der Waals surface area contributed by atoms with E-state index in [1.165, 1.54) is 17.8 Å². The second-order valence-corrected chi connectivity index (χ2v) is 11.2. The highest BCUT2D eigenvalue weighted by Gasteiger charge is 2.30. The molecular formula is C34H30FN3O3S. The number of carbonyl (C=O) groups excluding carboxylic acids is 2. The standard InChI is InChI=1S/C34H30FN3O3S/c1-41-28-9-6-8-27(22-28)36-17-19-37(20-18-36)33(39)25-15-13-24(14-16-25)21-32-34(40)38(23-26-7-2-3-10-29(26)35)30-11-4-5-12-31(30)42-32/h2-16,21-22H,17-20,23H2,1H3/b32-21-. The van der Waals surface area contributed by atoms with Crippen LogP contribution >= 0.6 is 11.8 Å². The van der Waals surface area contributed by atoms with Crippen molar-refractivity contribution in [3.8, 4) is 5.75 Å². The molecule has 1 saturated heterocycles. The number of halogens is 1. The number of benzene rings is 4. The number of thioether (sulfide) groups is 1. The van der Waals surface area contributed by atoms with Gasteiger partial charge < -0.3 is 19.4 Å². The lowest BCUT2D eigenvalue weighted by Crippen LogP contribution is -2.48. The summed E-state index contributed by atoms with van der Waals surface area (Å²) in [5.41, 5.74) is 3.74. The Hall–Kier alpha value is -4.56. The fourth-order valence-electron chi connectivity index (χ4n) is 5.25. The fraction of sp³-hybridized carbons (Fsp3) is 0.176. The largest absolute Gasteiger partial charge is 0.497 e. The molecule has 6 rings (SSSR count). The van der Waals surface area contributed by atoms with E-state index in [0.29, 0.717) is 29.1 Å². The van der Waals surface area contributed by atoms with Crippen LogP contribution in [0.1, 0.15) is 21.5 Å². The monoisotopic (exact) mass is 579 g/mol. The normalized spacial score (nSPS) is 16.0. The Morgan fingerprint density at radius 3 is 2.40 bits per heavy atom. The Labute approximate surface area is 249 Å². The number of methoxy groups -OCH3 is 1. The number of amides is 2. The summed E-state index contributed by atoms with van der Waals surface area (Å²) in [7, 11) is 1.66. The molecule has 0 spiro atoms. The summed E-state index contributed by atoms with van der Waals surface area (Å²) in [5.74, 6) is 0.286. The molecule has 4 aromatic carbocycles. The zero-order chi connectivity index (χ0) is 29.1. The van der Waals surface area contributed by atoms with Gasteiger partial charge in [-0.1, -0.05) is 60.3 Å². The first-order valence-corrected chi connectivity index (χ1v) is 14.6. The number of hydrogen-bond donors (Lipinski definition) is 0. The molecule has 0 atom stereocenters. The maximum Gasteiger partial charge on any atom is 0.265 e. The van der Waals surface area contributed by atoms with Crippen molar-refractivity contribution in [1.29, 1.82) is 0 Å². The first kappa shape index (κ1) is 27.6. The summed E-state index contributed by atoms with van der Waals surface area (Å²) >= 11 is 1.40. The maximum atomic E-state index is 14.5. The van der Waals surface area contributed by atoms with Gasteiger partial charge in [0.2, 0.25) is 0 Å². The molecule has 0 aromatic heterocycles. The third kappa shape index (κ3) is 5.76. The van der Waals surface area contributed by atoms with Crippen molar-refractivity contribution >= 4 is 41.0 Å². The number of carbonyl (C=O) groups is 2. The summed E-state index contributed by atoms with van der Waals surface area (Å²) < 4.78 is 19.8. The van der Waals surface area contributed by atoms with E-state index in [2.05, 4.69) is 11.0 Å². The molecule has 2 heterocycles. The van der Waals surface area contributed by atoms with E-state index in [4.69, 9.17) is 4.74 Å². The van der Waals surface area contributed by atoms with Gasteiger partial charge >= 0.3 is 0 Å². The Morgan fingerprint density at radius 2 is 1.64 bits per heavy atom. The van der Waals surface area contributed by atoms with Gasteiger partial charge in [0.25, 0.3) is 11.8 Å². The van der Waals surface area contributed by atoms with Gasteiger partial charge in [0, 0.05) is 54.0 Å². The van der Waals surface area contributed by atoms with E-state index in [0.717, 1.165) is 40.7 Å². The first-order chi connectivity index (χ1) is 20.5. The highest BCUT2D eigenvalue weighted by molar-refractivity contribution is 8.04. The summed E-state index contributed by atoms with van der Waals surface area (Å²) in [6.45, 7) is 2.88. The van der Waals surface area contributed by atoms with Crippen molar-refractivity contribution in [2.75, 3.05) is 43.1 Å². The molecule has 212 valence electrons. The molecule has 0 unspecified atom stereocenters. The number of hydrogen-bond acceptors (Lipinski definition) is 5. The lowest BCUT2D eigenvalue weighted by atomic mass is 10.1. The quantitative estimate of drug-likeness (QED) is 0.245. The number of piperazine rings is 1. The van der Waals surface area contributed by atoms with Crippen LogP contribution in [0.4, 0.5) is 15.8 Å². The van der Waals surface area contributed by atoms with Crippen LogP contribution in [-0.2, 0) is 11.3 Å². The molecule has 0 bridgehead atoms. The van der Waals surface area contributed by atoms with E-state index in [9.17, 15) is 14.0 Å². The van der Waals surface area contributed by atoms with Crippen molar-refractivity contribution in [3.63, 3.8) is 0 Å². The molecule has 0 saturated carbocycles. The van der Waals surface area contributed by atoms with Crippen LogP contribution < -0.4 is 14.5 Å². The Kier molecular flexibility index (Phi) is 7.97. The van der Waals surface area contributed by atoms with E-state index in [1.807, 2.05) is 77.7 Å². The molecule has 2 amide bonds. The third-order valence-corrected chi connectivity index (χ3v) is 8.64. The van der Waals surface area contributed by atoms with Crippen LogP contribution in [0.5, 0.6) is 5.75 Å². The SMILES string of the molecule is COc1cccc(N2CCN(C(=O)c3ccc(/C=C4\Sc5ccccc5N(Cc5ccccc5F)C4=O)cc3)CC2)c1. The predicted octanol–water partition coefficient (Wildman–Crippen LogP) is 6.48. The fourth-order valence-corrected chi connectivity index (χ4v) is 6.31. The van der Waals surface area contributed by atoms with Crippen molar-refractivity contribution in [1.82, 2.24) is 4.90 Å². The molecule has 0 aliphatic carbocycles. The van der Waals surface area contributed by atoms with E-state index < -0.39 is 0 Å². The highest BCUT2D eigenvalue weighted by atomic mass is 32.2. The van der Waals surface area contributed by atoms with Crippen LogP contribution in [0.15, 0.2) is 107 Å². The Bertz CT molecular complexity index is 1650. The van der Waals surface area contributed by atoms with Crippen molar-refractivity contribution in [3.05, 3.63) is 124 Å². The van der Waals surface area contributed by atoms with Crippen molar-refractivity contribution in [2.24, 2.45) is 0 Å². The van der Waals surface area contributed by atoms with E-state index >= 15 is 0 Å². The minimum Gasteiger partial charge on any atom is -0.497 e. The molecule has 0 N–H and O–H groups in total. The summed E-state index contributed by atoms with van der Waals surface area (Å²) in [5, 5.41) is 0. The van der Waals surface area contributed by atoms with Gasteiger partial charge in [0.05, 0.1) is 24.2 Å². The summed E-state index contributed by atoms with van der Waals surface area (Å²) in [6, 6.07) is 29.5. The number of nitrogens with zero attached hydrogens (tertiary/aromatic N) is 3. The number of fused-ring (bicyclic) bond motifs is 1.